The molecule has 2 saturated heterocycles. The Morgan fingerprint density at radius 1 is 0.809 bits per heavy atom. The van der Waals surface area contributed by atoms with E-state index in [1.54, 1.807) is 54.5 Å². The topological polar surface area (TPSA) is 84.9 Å². The molecule has 0 aromatic rings. The summed E-state index contributed by atoms with van der Waals surface area (Å²) >= 11 is 3.46. The van der Waals surface area contributed by atoms with Crippen LogP contribution >= 0.6 is 15.9 Å². The zero-order chi connectivity index (χ0) is 37.5. The Kier molecular flexibility index (Phi) is 26.7. The van der Waals surface area contributed by atoms with Crippen molar-refractivity contribution >= 4 is 21.8 Å². The summed E-state index contributed by atoms with van der Waals surface area (Å²) in [7, 11) is 8.24. The molecule has 10 heteroatoms. The molecular weight excluding hydrogens is 666 g/mol. The number of carbonyl (C=O) groups is 1. The van der Waals surface area contributed by atoms with Crippen LogP contribution in [0, 0.1) is 0 Å². The summed E-state index contributed by atoms with van der Waals surface area (Å²) in [6.45, 7) is 33.5. The number of rotatable bonds is 11. The number of halogens is 1. The molecule has 2 atom stereocenters. The molecule has 1 amide bonds. The normalized spacial score (nSPS) is 19.9. The molecule has 2 rings (SSSR count). The van der Waals surface area contributed by atoms with E-state index in [0.29, 0.717) is 36.7 Å². The van der Waals surface area contributed by atoms with Crippen LogP contribution in [0.15, 0.2) is 70.4 Å². The van der Waals surface area contributed by atoms with Gasteiger partial charge in [0.15, 0.2) is 11.6 Å². The van der Waals surface area contributed by atoms with Crippen LogP contribution in [0.4, 0.5) is 0 Å². The van der Waals surface area contributed by atoms with Crippen LogP contribution in [0.5, 0.6) is 0 Å². The first-order valence-electron chi connectivity index (χ1n) is 16.0. The van der Waals surface area contributed by atoms with Gasteiger partial charge in [0.25, 0.3) is 0 Å². The van der Waals surface area contributed by atoms with Crippen LogP contribution < -0.4 is 0 Å². The van der Waals surface area contributed by atoms with E-state index in [2.05, 4.69) is 35.7 Å². The van der Waals surface area contributed by atoms with E-state index in [0.717, 1.165) is 27.8 Å². The third-order valence-corrected chi connectivity index (χ3v) is 6.91. The quantitative estimate of drug-likeness (QED) is 0.118. The second kappa shape index (κ2) is 25.6. The highest BCUT2D eigenvalue weighted by Gasteiger charge is 2.35. The van der Waals surface area contributed by atoms with Crippen LogP contribution in [-0.2, 0) is 38.0 Å². The minimum absolute atomic E-state index is 0.0589. The Hall–Kier alpha value is -2.37. The number of allylic oxidation sites excluding steroid dienone is 6. The second-order valence-electron chi connectivity index (χ2n) is 11.1. The average molecular weight is 733 g/mol. The number of methoxy groups -OCH3 is 3. The number of amides is 1. The SMILES string of the molecule is C=C(OC)/C(CC1COC(C)(C)O1)=C(\C)Br.C=C(OC)/C(CC1COC(C)(C)O1)=C(\C)C(=O)N(C)C.C=C/C=C(\C)OC.CC.CC. The van der Waals surface area contributed by atoms with E-state index < -0.39 is 11.6 Å². The Morgan fingerprint density at radius 3 is 1.45 bits per heavy atom. The lowest BCUT2D eigenvalue weighted by atomic mass is 10.0. The molecule has 0 radical (unpaired) electrons. The second-order valence-corrected chi connectivity index (χ2v) is 12.3. The molecule has 2 aliphatic rings. The fraction of sp³-hybridized carbons (Fsp3) is 0.649. The minimum Gasteiger partial charge on any atom is -0.501 e. The van der Waals surface area contributed by atoms with Gasteiger partial charge in [-0.3, -0.25) is 4.79 Å². The molecule has 0 aromatic carbocycles. The van der Waals surface area contributed by atoms with Crippen molar-refractivity contribution in [1.29, 1.82) is 0 Å². The van der Waals surface area contributed by atoms with Gasteiger partial charge in [0.2, 0.25) is 5.91 Å². The molecule has 0 spiro atoms. The lowest BCUT2D eigenvalue weighted by molar-refractivity contribution is -0.138. The lowest BCUT2D eigenvalue weighted by Crippen LogP contribution is -2.25. The lowest BCUT2D eigenvalue weighted by Gasteiger charge is -2.20. The Balaban J connectivity index is -0.000000639. The molecule has 0 aromatic heterocycles. The highest BCUT2D eigenvalue weighted by atomic mass is 79.9. The molecule has 274 valence electrons. The minimum atomic E-state index is -0.580. The summed E-state index contributed by atoms with van der Waals surface area (Å²) < 4.78 is 38.8. The standard InChI is InChI=1S/C15H25NO4.C12H19BrO3.C6H10O.2C2H6/c1-10(14(17)16(5)6)13(11(2)18-7)8-12-9-19-15(3,4)20-12;1-8(13)11(9(2)14-5)6-10-7-15-12(3,4)16-10;1-4-5-6(2)7-3;2*1-2/h12H,2,8-9H2,1,3-7H3;10H,2,6-7H2,1,3-5H3;4-5H,1H2,2-3H3;2*1-2H3/b13-10+;11-8+;6-5+;;. The van der Waals surface area contributed by atoms with E-state index in [9.17, 15) is 4.79 Å². The monoisotopic (exact) mass is 731 g/mol. The highest BCUT2D eigenvalue weighted by molar-refractivity contribution is 9.11. The summed E-state index contributed by atoms with van der Waals surface area (Å²) in [5.41, 5.74) is 2.43. The first kappa shape index (κ1) is 49.0. The van der Waals surface area contributed by atoms with Gasteiger partial charge in [-0.25, -0.2) is 0 Å². The number of hydrogen-bond acceptors (Lipinski definition) is 8. The van der Waals surface area contributed by atoms with Gasteiger partial charge in [-0.1, -0.05) is 69.4 Å². The van der Waals surface area contributed by atoms with E-state index in [-0.39, 0.29) is 18.1 Å². The fourth-order valence-electron chi connectivity index (χ4n) is 4.05. The maximum Gasteiger partial charge on any atom is 0.249 e. The predicted octanol–water partition coefficient (Wildman–Crippen LogP) is 9.22. The smallest absolute Gasteiger partial charge is 0.249 e. The van der Waals surface area contributed by atoms with E-state index in [1.807, 2.05) is 69.2 Å². The summed E-state index contributed by atoms with van der Waals surface area (Å²) in [4.78, 5) is 13.6. The van der Waals surface area contributed by atoms with E-state index >= 15 is 0 Å². The zero-order valence-corrected chi connectivity index (χ0v) is 33.9. The van der Waals surface area contributed by atoms with Gasteiger partial charge in [0.05, 0.1) is 52.5 Å². The maximum absolute atomic E-state index is 12.1. The van der Waals surface area contributed by atoms with Gasteiger partial charge in [-0.2, -0.15) is 0 Å². The molecule has 0 bridgehead atoms. The van der Waals surface area contributed by atoms with Crippen molar-refractivity contribution in [1.82, 2.24) is 4.90 Å². The van der Waals surface area contributed by atoms with Gasteiger partial charge in [0, 0.05) is 43.7 Å². The van der Waals surface area contributed by atoms with Crippen LogP contribution in [-0.4, -0.2) is 83.2 Å². The first-order valence-corrected chi connectivity index (χ1v) is 16.8. The van der Waals surface area contributed by atoms with Crippen LogP contribution in [0.2, 0.25) is 0 Å². The molecule has 0 saturated carbocycles. The molecule has 0 aliphatic carbocycles. The van der Waals surface area contributed by atoms with Crippen molar-refractivity contribution in [2.75, 3.05) is 48.6 Å². The summed E-state index contributed by atoms with van der Waals surface area (Å²) in [6.07, 6.45) is 4.74. The number of likely N-dealkylation sites (N-methyl/N-ethyl adjacent to an activating group) is 1. The van der Waals surface area contributed by atoms with Gasteiger partial charge in [-0.05, 0) is 59.0 Å². The molecular formula is C37H66BrNO8. The molecule has 2 heterocycles. The summed E-state index contributed by atoms with van der Waals surface area (Å²) in [5, 5.41) is 0. The van der Waals surface area contributed by atoms with Crippen molar-refractivity contribution in [2.24, 2.45) is 0 Å². The fourth-order valence-corrected chi connectivity index (χ4v) is 4.43. The Labute approximate surface area is 295 Å². The first-order chi connectivity index (χ1) is 21.8. The van der Waals surface area contributed by atoms with Crippen LogP contribution in [0.25, 0.3) is 0 Å². The highest BCUT2D eigenvalue weighted by Crippen LogP contribution is 2.31. The van der Waals surface area contributed by atoms with Crippen molar-refractivity contribution in [2.45, 2.75) is 113 Å². The molecule has 2 fully saturated rings. The molecule has 2 unspecified atom stereocenters. The van der Waals surface area contributed by atoms with Crippen molar-refractivity contribution in [3.05, 3.63) is 70.4 Å². The van der Waals surface area contributed by atoms with E-state index in [4.69, 9.17) is 33.2 Å². The van der Waals surface area contributed by atoms with Crippen molar-refractivity contribution in [3.63, 3.8) is 0 Å². The third-order valence-electron chi connectivity index (χ3n) is 6.43. The molecule has 9 nitrogen and oxygen atoms in total. The Morgan fingerprint density at radius 2 is 1.19 bits per heavy atom. The van der Waals surface area contributed by atoms with Gasteiger partial charge in [-0.15, -0.1) is 0 Å². The van der Waals surface area contributed by atoms with Crippen LogP contribution in [0.1, 0.15) is 89.0 Å². The number of nitrogens with zero attached hydrogens (tertiary/aromatic N) is 1. The third kappa shape index (κ3) is 20.6. The average Bonchev–Trinajstić information content (AvgIpc) is 3.58. The number of carbonyl (C=O) groups excluding carboxylic acids is 1. The molecule has 47 heavy (non-hydrogen) atoms. The molecule has 2 aliphatic heterocycles. The predicted molar refractivity (Wildman–Crippen MR) is 198 cm³/mol. The van der Waals surface area contributed by atoms with Crippen molar-refractivity contribution < 1.29 is 38.0 Å². The van der Waals surface area contributed by atoms with Gasteiger partial charge >= 0.3 is 0 Å². The Bertz CT molecular complexity index is 1050. The van der Waals surface area contributed by atoms with Gasteiger partial charge < -0.3 is 38.1 Å². The molecule has 0 N–H and O–H groups in total. The number of hydrogen-bond donors (Lipinski definition) is 0. The summed E-state index contributed by atoms with van der Waals surface area (Å²) in [6, 6.07) is 0. The maximum atomic E-state index is 12.1. The van der Waals surface area contributed by atoms with Crippen LogP contribution in [0.3, 0.4) is 0 Å². The largest absolute Gasteiger partial charge is 0.501 e. The van der Waals surface area contributed by atoms with Gasteiger partial charge in [0.1, 0.15) is 11.5 Å². The van der Waals surface area contributed by atoms with Crippen molar-refractivity contribution in [3.8, 4) is 0 Å². The van der Waals surface area contributed by atoms with E-state index in [1.165, 1.54) is 4.90 Å². The number of ether oxygens (including phenoxy) is 7. The summed E-state index contributed by atoms with van der Waals surface area (Å²) in [5.74, 6) is 0.925. The zero-order valence-electron chi connectivity index (χ0n) is 32.4.